The first-order chi connectivity index (χ1) is 19.6. The summed E-state index contributed by atoms with van der Waals surface area (Å²) in [6.07, 6.45) is 1.25. The third kappa shape index (κ3) is 6.39. The molecule has 5 rings (SSSR count). The van der Waals surface area contributed by atoms with Crippen LogP contribution in [0, 0.1) is 17.1 Å². The average Bonchev–Trinajstić information content (AvgIpc) is 3.54. The first-order valence-corrected chi connectivity index (χ1v) is 13.5. The molecular weight excluding hydrogens is 529 g/mol. The van der Waals surface area contributed by atoms with Crippen LogP contribution in [-0.2, 0) is 16.0 Å². The van der Waals surface area contributed by atoms with Crippen molar-refractivity contribution in [1.82, 2.24) is 0 Å². The molecule has 1 heterocycles. The Kier molecular flexibility index (Phi) is 8.04. The molecule has 1 aliphatic heterocycles. The number of nitrogens with zero attached hydrogens (tertiary/aromatic N) is 1. The number of esters is 1. The number of carbonyl (C=O) groups is 1. The summed E-state index contributed by atoms with van der Waals surface area (Å²) in [5.74, 6) is 1.76. The van der Waals surface area contributed by atoms with E-state index in [2.05, 4.69) is 6.07 Å². The molecule has 0 spiro atoms. The number of benzene rings is 3. The highest BCUT2D eigenvalue weighted by atomic mass is 19.1. The molecular formula is C32H32FNO7. The van der Waals surface area contributed by atoms with Crippen molar-refractivity contribution in [2.45, 2.75) is 57.2 Å². The molecule has 9 heteroatoms. The van der Waals surface area contributed by atoms with Crippen LogP contribution in [0.5, 0.6) is 28.7 Å². The summed E-state index contributed by atoms with van der Waals surface area (Å²) < 4.78 is 43.7. The van der Waals surface area contributed by atoms with Crippen LogP contribution in [0.4, 0.5) is 4.39 Å². The lowest BCUT2D eigenvalue weighted by Gasteiger charge is -2.18. The van der Waals surface area contributed by atoms with E-state index in [9.17, 15) is 15.2 Å². The molecule has 0 saturated carbocycles. The maximum Gasteiger partial charge on any atom is 0.306 e. The van der Waals surface area contributed by atoms with Gasteiger partial charge in [0.15, 0.2) is 0 Å². The Hall–Kier alpha value is -4.29. The van der Waals surface area contributed by atoms with Gasteiger partial charge < -0.3 is 28.8 Å². The maximum atomic E-state index is 15.1. The fraction of sp³-hybridized carbons (Fsp3) is 0.375. The van der Waals surface area contributed by atoms with Crippen molar-refractivity contribution in [2.24, 2.45) is 0 Å². The van der Waals surface area contributed by atoms with Gasteiger partial charge in [-0.25, -0.2) is 4.39 Å². The Labute approximate surface area is 238 Å². The molecule has 1 aliphatic carbocycles. The second kappa shape index (κ2) is 11.7. The number of methoxy groups -OCH3 is 1. The Morgan fingerprint density at radius 1 is 1.15 bits per heavy atom. The highest BCUT2D eigenvalue weighted by Gasteiger charge is 2.32. The van der Waals surface area contributed by atoms with E-state index in [1.54, 1.807) is 44.2 Å². The molecule has 41 heavy (non-hydrogen) atoms. The van der Waals surface area contributed by atoms with Gasteiger partial charge in [-0.2, -0.15) is 5.26 Å². The SMILES string of the molecule is COC(=O)C[C@@H]1COc2cc(O[C@@H]3CCc4c(Oc5ccc(OCCC(C)(C)O)c(C#N)c5)ccc(F)c43)ccc21. The fourth-order valence-electron chi connectivity index (χ4n) is 5.13. The van der Waals surface area contributed by atoms with Gasteiger partial charge in [0.25, 0.3) is 0 Å². The molecule has 0 bridgehead atoms. The summed E-state index contributed by atoms with van der Waals surface area (Å²) in [4.78, 5) is 11.7. The van der Waals surface area contributed by atoms with Crippen molar-refractivity contribution in [3.63, 3.8) is 0 Å². The van der Waals surface area contributed by atoms with E-state index in [4.69, 9.17) is 23.7 Å². The standard InChI is InChI=1S/C32H32FNO7/c1-32(2,36)12-13-38-26-9-5-21(14-19(26)17-34)40-27-11-8-25(33)31-24(27)7-10-28(31)41-22-4-6-23-20(15-30(35)37-3)18-39-29(23)16-22/h4-6,8-9,11,14,16,20,28,36H,7,10,12-13,15,18H2,1-3H3/t20-,28-/m1/s1. The summed E-state index contributed by atoms with van der Waals surface area (Å²) in [7, 11) is 1.36. The summed E-state index contributed by atoms with van der Waals surface area (Å²) in [6, 6.07) is 15.4. The predicted molar refractivity (Wildman–Crippen MR) is 147 cm³/mol. The number of fused-ring (bicyclic) bond motifs is 2. The van der Waals surface area contributed by atoms with E-state index in [1.165, 1.54) is 13.2 Å². The number of ether oxygens (including phenoxy) is 5. The van der Waals surface area contributed by atoms with Gasteiger partial charge in [-0.05, 0) is 57.0 Å². The van der Waals surface area contributed by atoms with Crippen LogP contribution in [0.2, 0.25) is 0 Å². The van der Waals surface area contributed by atoms with Gasteiger partial charge in [-0.15, -0.1) is 0 Å². The van der Waals surface area contributed by atoms with Gasteiger partial charge in [-0.3, -0.25) is 4.79 Å². The molecule has 8 nitrogen and oxygen atoms in total. The molecule has 0 radical (unpaired) electrons. The third-order valence-corrected chi connectivity index (χ3v) is 7.29. The van der Waals surface area contributed by atoms with Crippen molar-refractivity contribution in [3.05, 3.63) is 76.6 Å². The quantitative estimate of drug-likeness (QED) is 0.295. The molecule has 3 aromatic rings. The van der Waals surface area contributed by atoms with Crippen LogP contribution in [0.3, 0.4) is 0 Å². The lowest BCUT2D eigenvalue weighted by atomic mass is 9.98. The molecule has 2 atom stereocenters. The largest absolute Gasteiger partial charge is 0.492 e. The van der Waals surface area contributed by atoms with Crippen LogP contribution in [0.25, 0.3) is 0 Å². The Morgan fingerprint density at radius 2 is 1.93 bits per heavy atom. The summed E-state index contributed by atoms with van der Waals surface area (Å²) >= 11 is 0. The molecule has 0 amide bonds. The monoisotopic (exact) mass is 561 g/mol. The topological polar surface area (TPSA) is 107 Å². The molecule has 2 aliphatic rings. The molecule has 0 unspecified atom stereocenters. The Balaban J connectivity index is 1.30. The minimum absolute atomic E-state index is 0.0780. The van der Waals surface area contributed by atoms with E-state index < -0.39 is 11.7 Å². The zero-order chi connectivity index (χ0) is 29.1. The normalized spacial score (nSPS) is 17.2. The van der Waals surface area contributed by atoms with Gasteiger partial charge in [0.05, 0.1) is 37.9 Å². The number of halogens is 1. The van der Waals surface area contributed by atoms with Gasteiger partial charge in [0.2, 0.25) is 0 Å². The van der Waals surface area contributed by atoms with Crippen molar-refractivity contribution < 1.29 is 38.0 Å². The Morgan fingerprint density at radius 3 is 2.68 bits per heavy atom. The number of hydrogen-bond donors (Lipinski definition) is 1. The van der Waals surface area contributed by atoms with Gasteiger partial charge >= 0.3 is 5.97 Å². The summed E-state index contributed by atoms with van der Waals surface area (Å²) in [5, 5.41) is 19.5. The van der Waals surface area contributed by atoms with Crippen LogP contribution >= 0.6 is 0 Å². The second-order valence-corrected chi connectivity index (χ2v) is 10.9. The molecule has 0 saturated heterocycles. The zero-order valence-electron chi connectivity index (χ0n) is 23.2. The highest BCUT2D eigenvalue weighted by Crippen LogP contribution is 2.44. The smallest absolute Gasteiger partial charge is 0.306 e. The first-order valence-electron chi connectivity index (χ1n) is 13.5. The molecule has 214 valence electrons. The summed E-state index contributed by atoms with van der Waals surface area (Å²) in [5.41, 5.74) is 1.51. The minimum atomic E-state index is -0.872. The van der Waals surface area contributed by atoms with Gasteiger partial charge in [0, 0.05) is 41.2 Å². The van der Waals surface area contributed by atoms with E-state index in [-0.39, 0.29) is 30.7 Å². The summed E-state index contributed by atoms with van der Waals surface area (Å²) in [6.45, 7) is 4.03. The van der Waals surface area contributed by atoms with Crippen LogP contribution in [0.1, 0.15) is 67.4 Å². The second-order valence-electron chi connectivity index (χ2n) is 10.9. The van der Waals surface area contributed by atoms with E-state index in [1.807, 2.05) is 12.1 Å². The zero-order valence-corrected chi connectivity index (χ0v) is 23.2. The van der Waals surface area contributed by atoms with Crippen LogP contribution < -0.4 is 18.9 Å². The van der Waals surface area contributed by atoms with Crippen molar-refractivity contribution in [3.8, 4) is 34.8 Å². The minimum Gasteiger partial charge on any atom is -0.492 e. The average molecular weight is 562 g/mol. The number of carbonyl (C=O) groups excluding carboxylic acids is 1. The van der Waals surface area contributed by atoms with E-state index in [0.29, 0.717) is 65.7 Å². The lowest BCUT2D eigenvalue weighted by Crippen LogP contribution is -2.21. The predicted octanol–water partition coefficient (Wildman–Crippen LogP) is 6.13. The van der Waals surface area contributed by atoms with E-state index >= 15 is 4.39 Å². The fourth-order valence-corrected chi connectivity index (χ4v) is 5.13. The van der Waals surface area contributed by atoms with Crippen molar-refractivity contribution in [1.29, 1.82) is 5.26 Å². The molecule has 3 aromatic carbocycles. The third-order valence-electron chi connectivity index (χ3n) is 7.29. The first kappa shape index (κ1) is 28.2. The lowest BCUT2D eigenvalue weighted by molar-refractivity contribution is -0.141. The molecule has 0 aromatic heterocycles. The maximum absolute atomic E-state index is 15.1. The number of aliphatic hydroxyl groups is 1. The highest BCUT2D eigenvalue weighted by molar-refractivity contribution is 5.71. The number of rotatable bonds is 10. The number of nitriles is 1. The van der Waals surface area contributed by atoms with Crippen LogP contribution in [-0.4, -0.2) is 37.0 Å². The van der Waals surface area contributed by atoms with Gasteiger partial charge in [0.1, 0.15) is 46.7 Å². The van der Waals surface area contributed by atoms with E-state index in [0.717, 1.165) is 11.1 Å². The number of hydrogen-bond acceptors (Lipinski definition) is 8. The Bertz CT molecular complexity index is 1490. The van der Waals surface area contributed by atoms with Crippen molar-refractivity contribution >= 4 is 5.97 Å². The molecule has 1 N–H and O–H groups in total. The van der Waals surface area contributed by atoms with Crippen LogP contribution in [0.15, 0.2) is 48.5 Å². The molecule has 0 fully saturated rings. The van der Waals surface area contributed by atoms with Crippen molar-refractivity contribution in [2.75, 3.05) is 20.3 Å². The van der Waals surface area contributed by atoms with Gasteiger partial charge in [-0.1, -0.05) is 6.07 Å².